The lowest BCUT2D eigenvalue weighted by atomic mass is 9.94. The number of anilines is 1. The summed E-state index contributed by atoms with van der Waals surface area (Å²) in [4.78, 5) is 12.0. The van der Waals surface area contributed by atoms with E-state index in [1.807, 2.05) is 0 Å². The molecule has 96 valence electrons. The van der Waals surface area contributed by atoms with Crippen LogP contribution in [-0.2, 0) is 0 Å². The summed E-state index contributed by atoms with van der Waals surface area (Å²) in [6.07, 6.45) is 7.62. The molecular weight excluding hydrogens is 248 g/mol. The van der Waals surface area contributed by atoms with Gasteiger partial charge < -0.3 is 11.1 Å². The maximum Gasteiger partial charge on any atom is 0.252 e. The average molecular weight is 265 g/mol. The predicted octanol–water partition coefficient (Wildman–Crippen LogP) is 3.01. The molecule has 0 bridgehead atoms. The van der Waals surface area contributed by atoms with E-state index in [9.17, 15) is 4.79 Å². The Morgan fingerprint density at radius 1 is 1.44 bits per heavy atom. The summed E-state index contributed by atoms with van der Waals surface area (Å²) in [6.45, 7) is 0.689. The van der Waals surface area contributed by atoms with Crippen molar-refractivity contribution >= 4 is 23.2 Å². The number of hydrogen-bond donors (Lipinski definition) is 2. The maximum atomic E-state index is 12.0. The molecule has 1 aliphatic rings. The normalized spacial score (nSPS) is 18.6. The van der Waals surface area contributed by atoms with E-state index in [4.69, 9.17) is 17.3 Å². The fourth-order valence-corrected chi connectivity index (χ4v) is 2.29. The lowest BCUT2D eigenvalue weighted by molar-refractivity contribution is 0.0946. The first-order chi connectivity index (χ1) is 8.66. The molecule has 1 amide bonds. The van der Waals surface area contributed by atoms with Crippen LogP contribution in [0.3, 0.4) is 0 Å². The van der Waals surface area contributed by atoms with Gasteiger partial charge >= 0.3 is 0 Å². The van der Waals surface area contributed by atoms with Gasteiger partial charge in [0.05, 0.1) is 10.6 Å². The van der Waals surface area contributed by atoms with Gasteiger partial charge in [-0.2, -0.15) is 0 Å². The van der Waals surface area contributed by atoms with Crippen molar-refractivity contribution in [3.63, 3.8) is 0 Å². The Morgan fingerprint density at radius 3 is 3.00 bits per heavy atom. The van der Waals surface area contributed by atoms with Crippen LogP contribution in [0.5, 0.6) is 0 Å². The largest absolute Gasteiger partial charge is 0.399 e. The first kappa shape index (κ1) is 13.0. The molecule has 1 aliphatic carbocycles. The van der Waals surface area contributed by atoms with Crippen molar-refractivity contribution in [3.8, 4) is 0 Å². The molecule has 0 fully saturated rings. The maximum absolute atomic E-state index is 12.0. The smallest absolute Gasteiger partial charge is 0.252 e. The van der Waals surface area contributed by atoms with Crippen molar-refractivity contribution in [2.45, 2.75) is 19.3 Å². The summed E-state index contributed by atoms with van der Waals surface area (Å²) >= 11 is 5.99. The highest BCUT2D eigenvalue weighted by Crippen LogP contribution is 2.20. The standard InChI is InChI=1S/C14H17ClN2O/c15-13-7-6-11(16)8-12(13)14(18)17-9-10-4-2-1-3-5-10/h1-2,6-8,10H,3-5,9,16H2,(H,17,18). The summed E-state index contributed by atoms with van der Waals surface area (Å²) in [5, 5.41) is 3.36. The van der Waals surface area contributed by atoms with Gasteiger partial charge in [-0.05, 0) is 43.4 Å². The van der Waals surface area contributed by atoms with Crippen LogP contribution in [0, 0.1) is 5.92 Å². The zero-order valence-electron chi connectivity index (χ0n) is 10.2. The van der Waals surface area contributed by atoms with Gasteiger partial charge in [0.25, 0.3) is 5.91 Å². The van der Waals surface area contributed by atoms with Crippen molar-refractivity contribution in [2.75, 3.05) is 12.3 Å². The number of carbonyl (C=O) groups excluding carboxylic acids is 1. The molecule has 0 aliphatic heterocycles. The molecule has 0 spiro atoms. The number of amides is 1. The van der Waals surface area contributed by atoms with E-state index in [-0.39, 0.29) is 5.91 Å². The highest BCUT2D eigenvalue weighted by molar-refractivity contribution is 6.34. The van der Waals surface area contributed by atoms with Gasteiger partial charge in [-0.25, -0.2) is 0 Å². The Bertz CT molecular complexity index is 471. The molecule has 1 aromatic carbocycles. The molecule has 1 atom stereocenters. The Morgan fingerprint density at radius 2 is 2.28 bits per heavy atom. The molecule has 1 aromatic rings. The molecule has 0 saturated carbocycles. The second-order valence-electron chi connectivity index (χ2n) is 4.60. The Hall–Kier alpha value is -1.48. The number of nitrogen functional groups attached to an aromatic ring is 1. The van der Waals surface area contributed by atoms with Crippen molar-refractivity contribution in [2.24, 2.45) is 5.92 Å². The fraction of sp³-hybridized carbons (Fsp3) is 0.357. The van der Waals surface area contributed by atoms with Gasteiger partial charge in [0.2, 0.25) is 0 Å². The van der Waals surface area contributed by atoms with Gasteiger partial charge in [-0.1, -0.05) is 23.8 Å². The van der Waals surface area contributed by atoms with Gasteiger partial charge in [0, 0.05) is 12.2 Å². The highest BCUT2D eigenvalue weighted by Gasteiger charge is 2.14. The predicted molar refractivity (Wildman–Crippen MR) is 74.7 cm³/mol. The van der Waals surface area contributed by atoms with Gasteiger partial charge in [-0.3, -0.25) is 4.79 Å². The topological polar surface area (TPSA) is 55.1 Å². The zero-order chi connectivity index (χ0) is 13.0. The number of rotatable bonds is 3. The molecule has 0 saturated heterocycles. The van der Waals surface area contributed by atoms with E-state index in [1.54, 1.807) is 18.2 Å². The molecule has 0 radical (unpaired) electrons. The number of nitrogens with two attached hydrogens (primary N) is 1. The van der Waals surface area contributed by atoms with Crippen LogP contribution >= 0.6 is 11.6 Å². The van der Waals surface area contributed by atoms with E-state index in [0.717, 1.165) is 19.3 Å². The minimum Gasteiger partial charge on any atom is -0.399 e. The van der Waals surface area contributed by atoms with Crippen LogP contribution in [0.1, 0.15) is 29.6 Å². The monoisotopic (exact) mass is 264 g/mol. The van der Waals surface area contributed by atoms with Crippen LogP contribution in [0.4, 0.5) is 5.69 Å². The van der Waals surface area contributed by atoms with Gasteiger partial charge in [0.1, 0.15) is 0 Å². The summed E-state index contributed by atoms with van der Waals surface area (Å²) in [5.41, 5.74) is 6.65. The van der Waals surface area contributed by atoms with Gasteiger partial charge in [0.15, 0.2) is 0 Å². The molecular formula is C14H17ClN2O. The highest BCUT2D eigenvalue weighted by atomic mass is 35.5. The number of allylic oxidation sites excluding steroid dienone is 2. The van der Waals surface area contributed by atoms with E-state index >= 15 is 0 Å². The van der Waals surface area contributed by atoms with Crippen LogP contribution in [0.25, 0.3) is 0 Å². The number of carbonyl (C=O) groups is 1. The Labute approximate surface area is 112 Å². The van der Waals surface area contributed by atoms with E-state index in [0.29, 0.717) is 28.7 Å². The molecule has 4 heteroatoms. The quantitative estimate of drug-likeness (QED) is 0.651. The van der Waals surface area contributed by atoms with E-state index < -0.39 is 0 Å². The molecule has 0 aromatic heterocycles. The minimum absolute atomic E-state index is 0.151. The minimum atomic E-state index is -0.151. The Kier molecular flexibility index (Phi) is 4.26. The van der Waals surface area contributed by atoms with Crippen molar-refractivity contribution in [3.05, 3.63) is 40.9 Å². The van der Waals surface area contributed by atoms with Crippen LogP contribution in [0.15, 0.2) is 30.4 Å². The molecule has 3 nitrogen and oxygen atoms in total. The molecule has 18 heavy (non-hydrogen) atoms. The number of halogens is 1. The molecule has 2 rings (SSSR count). The van der Waals surface area contributed by atoms with Crippen molar-refractivity contribution < 1.29 is 4.79 Å². The average Bonchev–Trinajstić information content (AvgIpc) is 2.40. The fourth-order valence-electron chi connectivity index (χ4n) is 2.09. The lowest BCUT2D eigenvalue weighted by Crippen LogP contribution is -2.29. The number of nitrogens with one attached hydrogen (secondary N) is 1. The number of benzene rings is 1. The number of hydrogen-bond acceptors (Lipinski definition) is 2. The lowest BCUT2D eigenvalue weighted by Gasteiger charge is -2.18. The summed E-state index contributed by atoms with van der Waals surface area (Å²) < 4.78 is 0. The van der Waals surface area contributed by atoms with Crippen molar-refractivity contribution in [1.29, 1.82) is 0 Å². The molecule has 1 unspecified atom stereocenters. The third-order valence-electron chi connectivity index (χ3n) is 3.16. The molecule has 3 N–H and O–H groups in total. The van der Waals surface area contributed by atoms with Crippen LogP contribution in [-0.4, -0.2) is 12.5 Å². The van der Waals surface area contributed by atoms with Crippen molar-refractivity contribution in [1.82, 2.24) is 5.32 Å². The summed E-state index contributed by atoms with van der Waals surface area (Å²) in [6, 6.07) is 4.94. The second-order valence-corrected chi connectivity index (χ2v) is 5.01. The van der Waals surface area contributed by atoms with E-state index in [2.05, 4.69) is 17.5 Å². The third-order valence-corrected chi connectivity index (χ3v) is 3.49. The first-order valence-electron chi connectivity index (χ1n) is 6.15. The Balaban J connectivity index is 1.95. The van der Waals surface area contributed by atoms with Gasteiger partial charge in [-0.15, -0.1) is 0 Å². The van der Waals surface area contributed by atoms with E-state index in [1.165, 1.54) is 0 Å². The summed E-state index contributed by atoms with van der Waals surface area (Å²) in [5.74, 6) is 0.376. The first-order valence-corrected chi connectivity index (χ1v) is 6.53. The van der Waals surface area contributed by atoms with Crippen LogP contribution < -0.4 is 11.1 Å². The second kappa shape index (κ2) is 5.91. The SMILES string of the molecule is Nc1ccc(Cl)c(C(=O)NCC2CC=CCC2)c1. The summed E-state index contributed by atoms with van der Waals surface area (Å²) in [7, 11) is 0. The zero-order valence-corrected chi connectivity index (χ0v) is 10.9. The van der Waals surface area contributed by atoms with Crippen LogP contribution in [0.2, 0.25) is 5.02 Å². The molecule has 0 heterocycles. The third kappa shape index (κ3) is 3.26.